The first-order chi connectivity index (χ1) is 6.81. The first-order valence-corrected chi connectivity index (χ1v) is 5.85. The molecule has 2 rings (SSSR count). The van der Waals surface area contributed by atoms with Crippen LogP contribution in [-0.2, 0) is 4.74 Å². The summed E-state index contributed by atoms with van der Waals surface area (Å²) in [4.78, 5) is 4.61. The summed E-state index contributed by atoms with van der Waals surface area (Å²) in [6.07, 6.45) is 2.24. The highest BCUT2D eigenvalue weighted by Gasteiger charge is 2.20. The molecule has 1 aromatic heterocycles. The van der Waals surface area contributed by atoms with Crippen LogP contribution in [0.3, 0.4) is 0 Å². The monoisotopic (exact) mass is 212 g/mol. The van der Waals surface area contributed by atoms with Gasteiger partial charge in [-0.2, -0.15) is 0 Å². The van der Waals surface area contributed by atoms with E-state index < -0.39 is 0 Å². The fourth-order valence-corrected chi connectivity index (χ4v) is 2.86. The molecule has 0 amide bonds. The Kier molecular flexibility index (Phi) is 3.03. The van der Waals surface area contributed by atoms with Gasteiger partial charge in [0, 0.05) is 26.2 Å². The molecular weight excluding hydrogens is 196 g/mol. The highest BCUT2D eigenvalue weighted by molar-refractivity contribution is 7.16. The molecule has 78 valence electrons. The summed E-state index contributed by atoms with van der Waals surface area (Å²) in [6, 6.07) is 0. The molecule has 2 heterocycles. The molecule has 0 bridgehead atoms. The predicted octanol–water partition coefficient (Wildman–Crippen LogP) is 2.39. The van der Waals surface area contributed by atoms with Gasteiger partial charge in [0.05, 0.1) is 10.7 Å². The van der Waals surface area contributed by atoms with Crippen molar-refractivity contribution in [3.05, 3.63) is 10.7 Å². The number of thiazole rings is 1. The van der Waals surface area contributed by atoms with Crippen molar-refractivity contribution in [1.82, 2.24) is 4.98 Å². The number of nitrogens with zero attached hydrogens (tertiary/aromatic N) is 1. The highest BCUT2D eigenvalue weighted by Crippen LogP contribution is 2.33. The van der Waals surface area contributed by atoms with E-state index in [1.165, 1.54) is 10.0 Å². The van der Waals surface area contributed by atoms with Gasteiger partial charge in [0.2, 0.25) is 0 Å². The van der Waals surface area contributed by atoms with Crippen molar-refractivity contribution in [3.8, 4) is 0 Å². The van der Waals surface area contributed by atoms with Gasteiger partial charge in [-0.3, -0.25) is 0 Å². The maximum Gasteiger partial charge on any atom is 0.111 e. The van der Waals surface area contributed by atoms with Crippen LogP contribution in [0.5, 0.6) is 0 Å². The molecule has 0 saturated carbocycles. The Morgan fingerprint density at radius 3 is 2.71 bits per heavy atom. The number of ether oxygens (including phenoxy) is 1. The summed E-state index contributed by atoms with van der Waals surface area (Å²) in [5.41, 5.74) is 1.12. The van der Waals surface area contributed by atoms with Crippen LogP contribution < -0.4 is 5.32 Å². The topological polar surface area (TPSA) is 34.1 Å². The van der Waals surface area contributed by atoms with Crippen LogP contribution in [0.2, 0.25) is 0 Å². The average molecular weight is 212 g/mol. The number of aryl methyl sites for hydroxylation is 1. The van der Waals surface area contributed by atoms with Crippen molar-refractivity contribution in [2.24, 2.45) is 0 Å². The van der Waals surface area contributed by atoms with E-state index in [0.717, 1.165) is 31.7 Å². The molecule has 1 aliphatic rings. The van der Waals surface area contributed by atoms with E-state index in [1.54, 1.807) is 11.3 Å². The van der Waals surface area contributed by atoms with Crippen molar-refractivity contribution >= 4 is 16.3 Å². The fraction of sp³-hybridized carbons (Fsp3) is 0.700. The van der Waals surface area contributed by atoms with Gasteiger partial charge in [-0.05, 0) is 19.8 Å². The first-order valence-electron chi connectivity index (χ1n) is 5.04. The minimum Gasteiger partial charge on any atom is -0.381 e. The molecule has 0 aliphatic carbocycles. The van der Waals surface area contributed by atoms with Crippen molar-refractivity contribution in [3.63, 3.8) is 0 Å². The number of aromatic nitrogens is 1. The Bertz CT molecular complexity index is 305. The molecule has 4 heteroatoms. The second kappa shape index (κ2) is 4.28. The lowest BCUT2D eigenvalue weighted by Gasteiger charge is -2.19. The van der Waals surface area contributed by atoms with E-state index >= 15 is 0 Å². The van der Waals surface area contributed by atoms with Gasteiger partial charge >= 0.3 is 0 Å². The van der Waals surface area contributed by atoms with Crippen LogP contribution in [0.15, 0.2) is 0 Å². The van der Waals surface area contributed by atoms with Gasteiger partial charge in [0.1, 0.15) is 5.00 Å². The lowest BCUT2D eigenvalue weighted by molar-refractivity contribution is 0.0852. The SMILES string of the molecule is CNc1sc(C2CCOCC2)nc1C. The number of nitrogens with one attached hydrogen (secondary N) is 1. The Balaban J connectivity index is 2.14. The number of anilines is 1. The lowest BCUT2D eigenvalue weighted by atomic mass is 10.0. The average Bonchev–Trinajstić information content (AvgIpc) is 2.61. The molecule has 0 atom stereocenters. The molecule has 1 fully saturated rings. The summed E-state index contributed by atoms with van der Waals surface area (Å²) in [6.45, 7) is 3.83. The third-order valence-corrected chi connectivity index (χ3v) is 3.95. The largest absolute Gasteiger partial charge is 0.381 e. The predicted molar refractivity (Wildman–Crippen MR) is 59.2 cm³/mol. The van der Waals surface area contributed by atoms with E-state index in [0.29, 0.717) is 5.92 Å². The molecule has 0 radical (unpaired) electrons. The molecular formula is C10H16N2OS. The Morgan fingerprint density at radius 2 is 2.14 bits per heavy atom. The van der Waals surface area contributed by atoms with Crippen molar-refractivity contribution in [1.29, 1.82) is 0 Å². The van der Waals surface area contributed by atoms with Gasteiger partial charge in [0.25, 0.3) is 0 Å². The van der Waals surface area contributed by atoms with Crippen molar-refractivity contribution in [2.75, 3.05) is 25.6 Å². The summed E-state index contributed by atoms with van der Waals surface area (Å²) >= 11 is 1.79. The van der Waals surface area contributed by atoms with E-state index in [2.05, 4.69) is 17.2 Å². The third-order valence-electron chi connectivity index (χ3n) is 2.61. The van der Waals surface area contributed by atoms with Crippen LogP contribution in [-0.4, -0.2) is 25.2 Å². The number of rotatable bonds is 2. The Labute approximate surface area is 88.5 Å². The van der Waals surface area contributed by atoms with E-state index in [-0.39, 0.29) is 0 Å². The Hall–Kier alpha value is -0.610. The number of hydrogen-bond donors (Lipinski definition) is 1. The minimum absolute atomic E-state index is 0.620. The van der Waals surface area contributed by atoms with Crippen LogP contribution in [0.4, 0.5) is 5.00 Å². The highest BCUT2D eigenvalue weighted by atomic mass is 32.1. The van der Waals surface area contributed by atoms with E-state index in [1.807, 2.05) is 7.05 Å². The van der Waals surface area contributed by atoms with Crippen molar-refractivity contribution in [2.45, 2.75) is 25.7 Å². The van der Waals surface area contributed by atoms with Gasteiger partial charge in [-0.15, -0.1) is 11.3 Å². The summed E-state index contributed by atoms with van der Waals surface area (Å²) in [5.74, 6) is 0.620. The van der Waals surface area contributed by atoms with Crippen LogP contribution >= 0.6 is 11.3 Å². The smallest absolute Gasteiger partial charge is 0.111 e. The van der Waals surface area contributed by atoms with Gasteiger partial charge < -0.3 is 10.1 Å². The van der Waals surface area contributed by atoms with Gasteiger partial charge in [-0.1, -0.05) is 0 Å². The van der Waals surface area contributed by atoms with E-state index in [9.17, 15) is 0 Å². The zero-order chi connectivity index (χ0) is 9.97. The molecule has 1 saturated heterocycles. The zero-order valence-corrected chi connectivity index (χ0v) is 9.49. The maximum atomic E-state index is 5.35. The second-order valence-electron chi connectivity index (χ2n) is 3.60. The molecule has 1 aromatic rings. The summed E-state index contributed by atoms with van der Waals surface area (Å²) in [5, 5.41) is 5.65. The molecule has 1 aliphatic heterocycles. The second-order valence-corrected chi connectivity index (χ2v) is 4.63. The zero-order valence-electron chi connectivity index (χ0n) is 8.67. The number of hydrogen-bond acceptors (Lipinski definition) is 4. The molecule has 1 N–H and O–H groups in total. The molecule has 14 heavy (non-hydrogen) atoms. The van der Waals surface area contributed by atoms with E-state index in [4.69, 9.17) is 4.74 Å². The lowest BCUT2D eigenvalue weighted by Crippen LogP contribution is -2.13. The summed E-state index contributed by atoms with van der Waals surface area (Å²) < 4.78 is 5.35. The van der Waals surface area contributed by atoms with Gasteiger partial charge in [-0.25, -0.2) is 4.98 Å². The molecule has 0 spiro atoms. The van der Waals surface area contributed by atoms with Crippen LogP contribution in [0.1, 0.15) is 29.5 Å². The Morgan fingerprint density at radius 1 is 1.43 bits per heavy atom. The molecule has 0 unspecified atom stereocenters. The van der Waals surface area contributed by atoms with Gasteiger partial charge in [0.15, 0.2) is 0 Å². The normalized spacial score (nSPS) is 18.4. The third kappa shape index (κ3) is 1.91. The van der Waals surface area contributed by atoms with Crippen LogP contribution in [0, 0.1) is 6.92 Å². The minimum atomic E-state index is 0.620. The quantitative estimate of drug-likeness (QED) is 0.817. The van der Waals surface area contributed by atoms with Crippen LogP contribution in [0.25, 0.3) is 0 Å². The van der Waals surface area contributed by atoms with Crippen molar-refractivity contribution < 1.29 is 4.74 Å². The molecule has 0 aromatic carbocycles. The maximum absolute atomic E-state index is 5.35. The fourth-order valence-electron chi connectivity index (χ4n) is 1.77. The first kappa shape index (κ1) is 9.93. The standard InChI is InChI=1S/C10H16N2OS/c1-7-9(11-2)14-10(12-7)8-3-5-13-6-4-8/h8,11H,3-6H2,1-2H3. The molecule has 3 nitrogen and oxygen atoms in total. The summed E-state index contributed by atoms with van der Waals surface area (Å²) in [7, 11) is 1.95.